The minimum absolute atomic E-state index is 0.000514. The minimum Gasteiger partial charge on any atom is -0.480 e. The summed E-state index contributed by atoms with van der Waals surface area (Å²) in [7, 11) is 0. The average Bonchev–Trinajstić information content (AvgIpc) is 3.52. The van der Waals surface area contributed by atoms with Gasteiger partial charge >= 0.3 is 10.8 Å². The number of fused-ring (bicyclic) bond motifs is 9. The summed E-state index contributed by atoms with van der Waals surface area (Å²) in [5.41, 5.74) is 2.28. The van der Waals surface area contributed by atoms with Gasteiger partial charge in [0.2, 0.25) is 11.8 Å². The molecule has 1 saturated heterocycles. The number of hydrogen-bond donors (Lipinski definition) is 2. The monoisotopic (exact) mass is 512 g/mol. The molecule has 2 bridgehead atoms. The molecular weight excluding hydrogens is 484 g/mol. The Balaban J connectivity index is 1.42. The van der Waals surface area contributed by atoms with Gasteiger partial charge in [-0.15, -0.1) is 11.8 Å². The van der Waals surface area contributed by atoms with E-state index in [2.05, 4.69) is 29.2 Å². The number of thiazole rings is 1. The van der Waals surface area contributed by atoms with Crippen molar-refractivity contribution in [3.05, 3.63) is 49.9 Å². The lowest BCUT2D eigenvalue weighted by atomic mass is 9.68. The third kappa shape index (κ3) is 3.30. The number of imide groups is 1. The fourth-order valence-corrected chi connectivity index (χ4v) is 10.1. The van der Waals surface area contributed by atoms with E-state index in [1.165, 1.54) is 11.3 Å². The van der Waals surface area contributed by atoms with Crippen LogP contribution in [0.2, 0.25) is 0 Å². The van der Waals surface area contributed by atoms with Crippen LogP contribution in [-0.4, -0.2) is 44.1 Å². The molecule has 35 heavy (non-hydrogen) atoms. The largest absolute Gasteiger partial charge is 0.480 e. The van der Waals surface area contributed by atoms with Crippen LogP contribution in [-0.2, 0) is 14.4 Å². The van der Waals surface area contributed by atoms with E-state index in [0.717, 1.165) is 32.4 Å². The molecule has 3 heterocycles. The van der Waals surface area contributed by atoms with Gasteiger partial charge in [0.05, 0.1) is 16.9 Å². The lowest BCUT2D eigenvalue weighted by Crippen LogP contribution is -2.47. The molecule has 8 atom stereocenters. The molecule has 2 amide bonds. The standard InChI is InChI=1S/C26H28N2O5S2/c1-10(2)8-15(25(31)32)28-23(29)18-13-9-14(19(18)24(28)30)20-17(13)16(12-6-4-11(3)5-7-12)21-22(34-20)27-26(33)35-21/h4-7,10,13-20H,8-9H2,1-3H3,(H,27,33)(H,31,32)/t13-,14+,15-,16+,17+,18+,19+,20-/m1/s1. The zero-order chi connectivity index (χ0) is 24.8. The Morgan fingerprint density at radius 2 is 1.77 bits per heavy atom. The molecular formula is C26H28N2O5S2. The van der Waals surface area contributed by atoms with Crippen LogP contribution in [0.25, 0.3) is 0 Å². The predicted octanol–water partition coefficient (Wildman–Crippen LogP) is 3.72. The second kappa shape index (κ2) is 8.06. The van der Waals surface area contributed by atoms with Crippen molar-refractivity contribution in [2.75, 3.05) is 0 Å². The maximum atomic E-state index is 13.7. The number of aliphatic carboxylic acids is 1. The number of H-pyrrole nitrogens is 1. The molecule has 1 aromatic carbocycles. The Kier molecular flexibility index (Phi) is 5.31. The molecule has 0 unspecified atom stereocenters. The van der Waals surface area contributed by atoms with Crippen molar-refractivity contribution >= 4 is 40.9 Å². The molecule has 1 aromatic heterocycles. The van der Waals surface area contributed by atoms with E-state index < -0.39 is 23.8 Å². The molecule has 2 aromatic rings. The van der Waals surface area contributed by atoms with E-state index in [0.29, 0.717) is 0 Å². The number of rotatable bonds is 5. The number of carboxylic acids is 1. The first kappa shape index (κ1) is 23.0. The molecule has 9 heteroatoms. The van der Waals surface area contributed by atoms with Gasteiger partial charge in [0.25, 0.3) is 0 Å². The van der Waals surface area contributed by atoms with Crippen LogP contribution in [0.1, 0.15) is 48.6 Å². The Labute approximate surface area is 211 Å². The van der Waals surface area contributed by atoms with Gasteiger partial charge in [0.1, 0.15) is 6.04 Å². The Bertz CT molecular complexity index is 1280. The van der Waals surface area contributed by atoms with Crippen molar-refractivity contribution in [1.29, 1.82) is 0 Å². The summed E-state index contributed by atoms with van der Waals surface area (Å²) >= 11 is 2.89. The number of aromatic nitrogens is 1. The number of benzene rings is 1. The summed E-state index contributed by atoms with van der Waals surface area (Å²) < 4.78 is 0. The SMILES string of the molecule is Cc1ccc([C@@H]2c3sc(=O)[nH]c3S[C@@H]3[C@H]4C[C@@H]([C@@H]5C(=O)N([C@H](CC(C)C)C(=O)O)C(=O)[C@@H]45)[C@@H]23)cc1. The van der Waals surface area contributed by atoms with Crippen LogP contribution < -0.4 is 4.87 Å². The van der Waals surface area contributed by atoms with Gasteiger partial charge in [-0.2, -0.15) is 0 Å². The number of likely N-dealkylation sites (tertiary alicyclic amines) is 1. The van der Waals surface area contributed by atoms with Crippen LogP contribution in [0.3, 0.4) is 0 Å². The van der Waals surface area contributed by atoms with E-state index in [4.69, 9.17) is 0 Å². The molecule has 4 aliphatic rings. The smallest absolute Gasteiger partial charge is 0.326 e. The fraction of sp³-hybridized carbons (Fsp3) is 0.538. The van der Waals surface area contributed by atoms with Gasteiger partial charge in [-0.25, -0.2) is 4.79 Å². The second-order valence-electron chi connectivity index (χ2n) is 10.9. The quantitative estimate of drug-likeness (QED) is 0.592. The zero-order valence-electron chi connectivity index (χ0n) is 19.8. The molecule has 2 aliphatic carbocycles. The number of carboxylic acid groups (broad SMARTS) is 1. The first-order chi connectivity index (χ1) is 16.7. The maximum Gasteiger partial charge on any atom is 0.326 e. The number of hydrogen-bond acceptors (Lipinski definition) is 6. The van der Waals surface area contributed by atoms with Crippen LogP contribution in [0.5, 0.6) is 0 Å². The van der Waals surface area contributed by atoms with E-state index in [1.54, 1.807) is 11.8 Å². The molecule has 2 N–H and O–H groups in total. The van der Waals surface area contributed by atoms with Crippen molar-refractivity contribution in [3.8, 4) is 0 Å². The number of aryl methyl sites for hydroxylation is 1. The molecule has 0 radical (unpaired) electrons. The van der Waals surface area contributed by atoms with Gasteiger partial charge in [0, 0.05) is 16.0 Å². The van der Waals surface area contributed by atoms with Crippen LogP contribution >= 0.6 is 23.1 Å². The van der Waals surface area contributed by atoms with E-state index in [1.807, 2.05) is 20.8 Å². The maximum absolute atomic E-state index is 13.7. The first-order valence-electron chi connectivity index (χ1n) is 12.2. The number of amides is 2. The van der Waals surface area contributed by atoms with Crippen LogP contribution in [0.4, 0.5) is 0 Å². The van der Waals surface area contributed by atoms with E-state index in [9.17, 15) is 24.3 Å². The lowest BCUT2D eigenvalue weighted by Gasteiger charge is -2.43. The number of carbonyl (C=O) groups is 3. The normalized spacial score (nSPS) is 33.7. The number of aromatic amines is 1. The van der Waals surface area contributed by atoms with E-state index in [-0.39, 0.29) is 57.9 Å². The summed E-state index contributed by atoms with van der Waals surface area (Å²) in [6.07, 6.45) is 1.06. The Hall–Kier alpha value is -2.39. The Morgan fingerprint density at radius 1 is 1.11 bits per heavy atom. The highest BCUT2D eigenvalue weighted by Gasteiger charge is 2.70. The molecule has 184 valence electrons. The highest BCUT2D eigenvalue weighted by Crippen LogP contribution is 2.68. The first-order valence-corrected chi connectivity index (χ1v) is 13.9. The van der Waals surface area contributed by atoms with Crippen molar-refractivity contribution in [2.24, 2.45) is 35.5 Å². The van der Waals surface area contributed by atoms with Crippen molar-refractivity contribution in [2.45, 2.75) is 55.8 Å². The van der Waals surface area contributed by atoms with Gasteiger partial charge in [-0.1, -0.05) is 55.0 Å². The molecule has 2 saturated carbocycles. The average molecular weight is 513 g/mol. The number of thioether (sulfide) groups is 1. The topological polar surface area (TPSA) is 108 Å². The summed E-state index contributed by atoms with van der Waals surface area (Å²) in [5.74, 6) is -2.50. The molecule has 2 aliphatic heterocycles. The third-order valence-electron chi connectivity index (χ3n) is 8.49. The number of nitrogens with zero attached hydrogens (tertiary/aromatic N) is 1. The number of carbonyl (C=O) groups excluding carboxylic acids is 2. The van der Waals surface area contributed by atoms with Crippen molar-refractivity contribution in [3.63, 3.8) is 0 Å². The molecule has 3 fully saturated rings. The van der Waals surface area contributed by atoms with Crippen molar-refractivity contribution < 1.29 is 19.5 Å². The van der Waals surface area contributed by atoms with Crippen molar-refractivity contribution in [1.82, 2.24) is 9.88 Å². The highest BCUT2D eigenvalue weighted by molar-refractivity contribution is 8.00. The number of nitrogens with one attached hydrogen (secondary N) is 1. The molecule has 0 spiro atoms. The van der Waals surface area contributed by atoms with E-state index >= 15 is 0 Å². The molecule has 6 rings (SSSR count). The second-order valence-corrected chi connectivity index (χ2v) is 13.1. The van der Waals surface area contributed by atoms with Crippen LogP contribution in [0.15, 0.2) is 34.1 Å². The Morgan fingerprint density at radius 3 is 2.40 bits per heavy atom. The van der Waals surface area contributed by atoms with Gasteiger partial charge in [0.15, 0.2) is 0 Å². The lowest BCUT2D eigenvalue weighted by molar-refractivity contribution is -0.156. The third-order valence-corrected chi connectivity index (χ3v) is 11.1. The van der Waals surface area contributed by atoms with Gasteiger partial charge in [-0.3, -0.25) is 19.3 Å². The molecule has 7 nitrogen and oxygen atoms in total. The minimum atomic E-state index is -1.11. The summed E-state index contributed by atoms with van der Waals surface area (Å²) in [4.78, 5) is 56.8. The van der Waals surface area contributed by atoms with Gasteiger partial charge in [-0.05, 0) is 49.0 Å². The summed E-state index contributed by atoms with van der Waals surface area (Å²) in [6, 6.07) is 7.27. The summed E-state index contributed by atoms with van der Waals surface area (Å²) in [5, 5.41) is 10.9. The highest BCUT2D eigenvalue weighted by atomic mass is 32.2. The predicted molar refractivity (Wildman–Crippen MR) is 132 cm³/mol. The van der Waals surface area contributed by atoms with Gasteiger partial charge < -0.3 is 10.1 Å². The fourth-order valence-electron chi connectivity index (χ4n) is 7.26. The summed E-state index contributed by atoms with van der Waals surface area (Å²) in [6.45, 7) is 5.85. The van der Waals surface area contributed by atoms with Crippen LogP contribution in [0, 0.1) is 42.4 Å². The zero-order valence-corrected chi connectivity index (χ0v) is 21.4.